The third-order valence-electron chi connectivity index (χ3n) is 2.53. The van der Waals surface area contributed by atoms with Gasteiger partial charge in [0, 0.05) is 20.8 Å². The van der Waals surface area contributed by atoms with Gasteiger partial charge in [-0.05, 0) is 40.2 Å². The van der Waals surface area contributed by atoms with Crippen molar-refractivity contribution in [3.63, 3.8) is 0 Å². The standard InChI is InChI=1S/C13H10BrCl2NO2S/c14-9-3-4-10(13(16)12(9)15)17-6-8-2-1-7(20-8)5-11(18)19/h1-4,17H,5-6H2,(H,18,19). The number of aliphatic carboxylic acids is 1. The van der Waals surface area contributed by atoms with Crippen molar-refractivity contribution in [2.75, 3.05) is 5.32 Å². The van der Waals surface area contributed by atoms with Gasteiger partial charge in [0.05, 0.1) is 22.2 Å². The van der Waals surface area contributed by atoms with Crippen LogP contribution in [0.2, 0.25) is 10.0 Å². The number of nitrogens with one attached hydrogen (secondary N) is 1. The van der Waals surface area contributed by atoms with Gasteiger partial charge in [0.2, 0.25) is 0 Å². The number of hydrogen-bond donors (Lipinski definition) is 2. The Hall–Kier alpha value is -0.750. The normalized spacial score (nSPS) is 10.6. The van der Waals surface area contributed by atoms with Crippen LogP contribution in [0, 0.1) is 0 Å². The molecule has 0 saturated carbocycles. The van der Waals surface area contributed by atoms with E-state index in [9.17, 15) is 4.79 Å². The SMILES string of the molecule is O=C(O)Cc1ccc(CNc2ccc(Br)c(Cl)c2Cl)s1. The van der Waals surface area contributed by atoms with Gasteiger partial charge in [-0.3, -0.25) is 4.79 Å². The molecule has 7 heteroatoms. The highest BCUT2D eigenvalue weighted by atomic mass is 79.9. The van der Waals surface area contributed by atoms with E-state index in [2.05, 4.69) is 21.2 Å². The highest BCUT2D eigenvalue weighted by molar-refractivity contribution is 9.10. The Kier molecular flexibility index (Phi) is 5.32. The molecule has 0 spiro atoms. The fourth-order valence-electron chi connectivity index (χ4n) is 1.61. The summed E-state index contributed by atoms with van der Waals surface area (Å²) in [6, 6.07) is 7.39. The van der Waals surface area contributed by atoms with E-state index in [0.717, 1.165) is 19.9 Å². The van der Waals surface area contributed by atoms with Crippen molar-refractivity contribution >= 4 is 62.1 Å². The summed E-state index contributed by atoms with van der Waals surface area (Å²) < 4.78 is 0.745. The molecule has 0 saturated heterocycles. The fraction of sp³-hybridized carbons (Fsp3) is 0.154. The van der Waals surface area contributed by atoms with Crippen LogP contribution in [-0.2, 0) is 17.8 Å². The molecule has 0 aliphatic heterocycles. The van der Waals surface area contributed by atoms with E-state index in [1.165, 1.54) is 11.3 Å². The van der Waals surface area contributed by atoms with Crippen molar-refractivity contribution in [2.45, 2.75) is 13.0 Å². The zero-order valence-electron chi connectivity index (χ0n) is 10.1. The molecule has 0 aliphatic carbocycles. The number of benzene rings is 1. The quantitative estimate of drug-likeness (QED) is 0.697. The molecule has 2 N–H and O–H groups in total. The monoisotopic (exact) mass is 393 g/mol. The second-order valence-corrected chi connectivity index (χ2v) is 6.88. The lowest BCUT2D eigenvalue weighted by atomic mass is 10.3. The van der Waals surface area contributed by atoms with Crippen molar-refractivity contribution in [3.05, 3.63) is 48.5 Å². The van der Waals surface area contributed by atoms with Crippen LogP contribution >= 0.6 is 50.5 Å². The summed E-state index contributed by atoms with van der Waals surface area (Å²) >= 11 is 17.0. The summed E-state index contributed by atoms with van der Waals surface area (Å²) in [5.41, 5.74) is 0.744. The molecule has 1 aromatic carbocycles. The number of thiophene rings is 1. The van der Waals surface area contributed by atoms with E-state index in [4.69, 9.17) is 28.3 Å². The van der Waals surface area contributed by atoms with Crippen molar-refractivity contribution in [1.82, 2.24) is 0 Å². The summed E-state index contributed by atoms with van der Waals surface area (Å²) in [6.07, 6.45) is 0.0511. The lowest BCUT2D eigenvalue weighted by Gasteiger charge is -2.09. The molecule has 0 atom stereocenters. The minimum atomic E-state index is -0.825. The van der Waals surface area contributed by atoms with Gasteiger partial charge in [-0.25, -0.2) is 0 Å². The van der Waals surface area contributed by atoms with E-state index < -0.39 is 5.97 Å². The molecule has 20 heavy (non-hydrogen) atoms. The molecule has 1 aromatic heterocycles. The number of hydrogen-bond acceptors (Lipinski definition) is 3. The molecule has 106 valence electrons. The molecule has 2 rings (SSSR count). The van der Waals surface area contributed by atoms with Gasteiger partial charge in [-0.1, -0.05) is 23.2 Å². The maximum absolute atomic E-state index is 10.6. The Morgan fingerprint density at radius 3 is 2.60 bits per heavy atom. The summed E-state index contributed by atoms with van der Waals surface area (Å²) in [5, 5.41) is 12.8. The van der Waals surface area contributed by atoms with Crippen LogP contribution in [0.1, 0.15) is 9.75 Å². The average Bonchev–Trinajstić information content (AvgIpc) is 2.82. The molecule has 1 heterocycles. The lowest BCUT2D eigenvalue weighted by Crippen LogP contribution is -1.98. The number of anilines is 1. The predicted molar refractivity (Wildman–Crippen MR) is 87.1 cm³/mol. The van der Waals surface area contributed by atoms with Crippen LogP contribution < -0.4 is 5.32 Å². The van der Waals surface area contributed by atoms with Gasteiger partial charge in [0.1, 0.15) is 0 Å². The molecule has 0 aliphatic rings. The number of carboxylic acid groups (broad SMARTS) is 1. The van der Waals surface area contributed by atoms with Gasteiger partial charge in [0.25, 0.3) is 0 Å². The minimum absolute atomic E-state index is 0.0511. The smallest absolute Gasteiger partial charge is 0.308 e. The van der Waals surface area contributed by atoms with Crippen molar-refractivity contribution in [1.29, 1.82) is 0 Å². The maximum Gasteiger partial charge on any atom is 0.308 e. The fourth-order valence-corrected chi connectivity index (χ4v) is 3.40. The largest absolute Gasteiger partial charge is 0.481 e. The van der Waals surface area contributed by atoms with E-state index in [1.54, 1.807) is 0 Å². The van der Waals surface area contributed by atoms with Gasteiger partial charge >= 0.3 is 5.97 Å². The second-order valence-electron chi connectivity index (χ2n) is 4.02. The van der Waals surface area contributed by atoms with E-state index >= 15 is 0 Å². The zero-order valence-corrected chi connectivity index (χ0v) is 14.0. The minimum Gasteiger partial charge on any atom is -0.481 e. The number of carboxylic acids is 1. The molecule has 0 fully saturated rings. The Morgan fingerprint density at radius 1 is 1.20 bits per heavy atom. The molecule has 0 bridgehead atoms. The third-order valence-corrected chi connectivity index (χ3v) is 5.39. The number of rotatable bonds is 5. The lowest BCUT2D eigenvalue weighted by molar-refractivity contribution is -0.136. The van der Waals surface area contributed by atoms with Crippen molar-refractivity contribution < 1.29 is 9.90 Å². The average molecular weight is 395 g/mol. The molecular weight excluding hydrogens is 385 g/mol. The molecule has 0 radical (unpaired) electrons. The second kappa shape index (κ2) is 6.80. The summed E-state index contributed by atoms with van der Waals surface area (Å²) in [7, 11) is 0. The molecule has 0 unspecified atom stereocenters. The van der Waals surface area contributed by atoms with E-state index in [1.807, 2.05) is 24.3 Å². The van der Waals surface area contributed by atoms with E-state index in [0.29, 0.717) is 16.6 Å². The topological polar surface area (TPSA) is 49.3 Å². The number of halogens is 3. The van der Waals surface area contributed by atoms with Crippen molar-refractivity contribution in [2.24, 2.45) is 0 Å². The highest BCUT2D eigenvalue weighted by Gasteiger charge is 2.09. The van der Waals surface area contributed by atoms with Crippen LogP contribution in [0.25, 0.3) is 0 Å². The van der Waals surface area contributed by atoms with Crippen LogP contribution in [0.5, 0.6) is 0 Å². The Balaban J connectivity index is 2.04. The first kappa shape index (κ1) is 15.6. The molecule has 3 nitrogen and oxygen atoms in total. The molecule has 0 amide bonds. The predicted octanol–water partition coefficient (Wildman–Crippen LogP) is 5.06. The van der Waals surface area contributed by atoms with Crippen LogP contribution in [0.4, 0.5) is 5.69 Å². The van der Waals surface area contributed by atoms with Crippen LogP contribution in [0.3, 0.4) is 0 Å². The van der Waals surface area contributed by atoms with Crippen LogP contribution in [0.15, 0.2) is 28.7 Å². The Morgan fingerprint density at radius 2 is 1.90 bits per heavy atom. The zero-order chi connectivity index (χ0) is 14.7. The Bertz CT molecular complexity index is 645. The van der Waals surface area contributed by atoms with Gasteiger partial charge < -0.3 is 10.4 Å². The van der Waals surface area contributed by atoms with Gasteiger partial charge in [0.15, 0.2) is 0 Å². The van der Waals surface area contributed by atoms with E-state index in [-0.39, 0.29) is 6.42 Å². The molecule has 2 aromatic rings. The highest BCUT2D eigenvalue weighted by Crippen LogP contribution is 2.36. The molecular formula is C13H10BrCl2NO2S. The third kappa shape index (κ3) is 3.88. The summed E-state index contributed by atoms with van der Waals surface area (Å²) in [6.45, 7) is 0.571. The first-order valence-corrected chi connectivity index (χ1v) is 8.00. The number of carbonyl (C=O) groups is 1. The van der Waals surface area contributed by atoms with Gasteiger partial charge in [-0.2, -0.15) is 0 Å². The Labute approximate surface area is 138 Å². The first-order valence-electron chi connectivity index (χ1n) is 5.64. The van der Waals surface area contributed by atoms with Gasteiger partial charge in [-0.15, -0.1) is 11.3 Å². The summed E-state index contributed by atoms with van der Waals surface area (Å²) in [4.78, 5) is 12.5. The summed E-state index contributed by atoms with van der Waals surface area (Å²) in [5.74, 6) is -0.825. The first-order chi connectivity index (χ1) is 9.47. The van der Waals surface area contributed by atoms with Crippen molar-refractivity contribution in [3.8, 4) is 0 Å². The van der Waals surface area contributed by atoms with Crippen LogP contribution in [-0.4, -0.2) is 11.1 Å². The maximum atomic E-state index is 10.6.